The van der Waals surface area contributed by atoms with Crippen LogP contribution in [0.15, 0.2) is 53.9 Å². The van der Waals surface area contributed by atoms with Gasteiger partial charge in [-0.1, -0.05) is 44.2 Å². The number of aryl methyl sites for hydroxylation is 1. The maximum absolute atomic E-state index is 5.11. The highest BCUT2D eigenvalue weighted by atomic mass is 32.1. The van der Waals surface area contributed by atoms with Crippen molar-refractivity contribution in [2.75, 3.05) is 6.54 Å². The van der Waals surface area contributed by atoms with Gasteiger partial charge >= 0.3 is 0 Å². The van der Waals surface area contributed by atoms with E-state index in [-0.39, 0.29) is 6.04 Å². The van der Waals surface area contributed by atoms with Crippen LogP contribution in [-0.4, -0.2) is 31.0 Å². The van der Waals surface area contributed by atoms with Gasteiger partial charge in [-0.25, -0.2) is 9.97 Å². The van der Waals surface area contributed by atoms with Crippen molar-refractivity contribution in [3.8, 4) is 0 Å². The zero-order chi connectivity index (χ0) is 21.8. The van der Waals surface area contributed by atoms with Crippen LogP contribution < -0.4 is 0 Å². The van der Waals surface area contributed by atoms with Crippen LogP contribution >= 0.6 is 11.3 Å². The van der Waals surface area contributed by atoms with Gasteiger partial charge in [0.1, 0.15) is 16.9 Å². The largest absolute Gasteiger partial charge is 0.356 e. The van der Waals surface area contributed by atoms with E-state index in [1.165, 1.54) is 38.4 Å². The molecule has 2 aromatic carbocycles. The van der Waals surface area contributed by atoms with Gasteiger partial charge < -0.3 is 9.55 Å². The highest BCUT2D eigenvalue weighted by Crippen LogP contribution is 2.39. The van der Waals surface area contributed by atoms with E-state index < -0.39 is 0 Å². The van der Waals surface area contributed by atoms with Crippen molar-refractivity contribution in [3.63, 3.8) is 0 Å². The molecule has 5 aromatic rings. The Morgan fingerprint density at radius 2 is 1.91 bits per heavy atom. The molecule has 1 aliphatic heterocycles. The lowest BCUT2D eigenvalue weighted by Crippen LogP contribution is -2.37. The highest BCUT2D eigenvalue weighted by Gasteiger charge is 2.35. The van der Waals surface area contributed by atoms with Gasteiger partial charge in [0.15, 0.2) is 0 Å². The van der Waals surface area contributed by atoms with Crippen molar-refractivity contribution in [2.24, 2.45) is 7.05 Å². The topological polar surface area (TPSA) is 49.7 Å². The minimum atomic E-state index is 0.0648. The fourth-order valence-electron chi connectivity index (χ4n) is 5.00. The Balaban J connectivity index is 1.50. The number of imidazole rings is 1. The number of aromatic nitrogens is 4. The van der Waals surface area contributed by atoms with Crippen LogP contribution in [0.4, 0.5) is 0 Å². The first kappa shape index (κ1) is 19.7. The second kappa shape index (κ2) is 7.57. The predicted octanol–water partition coefficient (Wildman–Crippen LogP) is 5.78. The average molecular weight is 442 g/mol. The van der Waals surface area contributed by atoms with Crippen molar-refractivity contribution in [1.82, 2.24) is 24.4 Å². The van der Waals surface area contributed by atoms with Crippen molar-refractivity contribution in [2.45, 2.75) is 38.8 Å². The monoisotopic (exact) mass is 441 g/mol. The minimum Gasteiger partial charge on any atom is -0.356 e. The molecule has 5 nitrogen and oxygen atoms in total. The Bertz CT molecular complexity index is 1420. The number of benzene rings is 2. The summed E-state index contributed by atoms with van der Waals surface area (Å²) in [6, 6.07) is 17.1. The summed E-state index contributed by atoms with van der Waals surface area (Å²) in [5, 5.41) is 4.72. The Kier molecular flexibility index (Phi) is 4.66. The molecule has 0 radical (unpaired) electrons. The van der Waals surface area contributed by atoms with Crippen molar-refractivity contribution >= 4 is 33.3 Å². The smallest absolute Gasteiger partial charge is 0.133 e. The molecular formula is C26H27N5S. The van der Waals surface area contributed by atoms with Crippen LogP contribution in [0.1, 0.15) is 53.6 Å². The molecule has 0 bridgehead atoms. The van der Waals surface area contributed by atoms with Gasteiger partial charge in [0, 0.05) is 35.6 Å². The van der Waals surface area contributed by atoms with Crippen LogP contribution in [0.5, 0.6) is 0 Å². The second-order valence-electron chi connectivity index (χ2n) is 9.02. The summed E-state index contributed by atoms with van der Waals surface area (Å²) < 4.78 is 2.26. The van der Waals surface area contributed by atoms with Gasteiger partial charge in [0.25, 0.3) is 0 Å². The summed E-state index contributed by atoms with van der Waals surface area (Å²) in [7, 11) is 2.14. The molecule has 0 spiro atoms. The molecule has 4 heterocycles. The summed E-state index contributed by atoms with van der Waals surface area (Å²) in [5.74, 6) is 1.54. The van der Waals surface area contributed by atoms with Gasteiger partial charge in [0.2, 0.25) is 0 Å². The number of nitrogens with zero attached hydrogens (tertiary/aromatic N) is 4. The van der Waals surface area contributed by atoms with Gasteiger partial charge in [-0.2, -0.15) is 0 Å². The van der Waals surface area contributed by atoms with E-state index in [4.69, 9.17) is 9.97 Å². The van der Waals surface area contributed by atoms with Crippen LogP contribution in [0.3, 0.4) is 0 Å². The quantitative estimate of drug-likeness (QED) is 0.384. The normalized spacial score (nSPS) is 16.9. The van der Waals surface area contributed by atoms with Crippen LogP contribution in [0, 0.1) is 0 Å². The molecule has 3 aromatic heterocycles. The summed E-state index contributed by atoms with van der Waals surface area (Å²) in [6.07, 6.45) is 1.03. The molecule has 1 N–H and O–H groups in total. The highest BCUT2D eigenvalue weighted by molar-refractivity contribution is 7.09. The summed E-state index contributed by atoms with van der Waals surface area (Å²) in [6.45, 7) is 6.23. The molecule has 0 saturated heterocycles. The predicted molar refractivity (Wildman–Crippen MR) is 131 cm³/mol. The van der Waals surface area contributed by atoms with Gasteiger partial charge in [0.05, 0.1) is 23.3 Å². The lowest BCUT2D eigenvalue weighted by Gasteiger charge is -2.34. The molecule has 1 unspecified atom stereocenters. The first-order chi connectivity index (χ1) is 15.6. The Morgan fingerprint density at radius 1 is 1.09 bits per heavy atom. The van der Waals surface area contributed by atoms with Crippen molar-refractivity contribution in [1.29, 1.82) is 0 Å². The maximum atomic E-state index is 5.11. The Morgan fingerprint density at radius 3 is 2.72 bits per heavy atom. The third kappa shape index (κ3) is 3.09. The van der Waals surface area contributed by atoms with Crippen molar-refractivity contribution in [3.05, 3.63) is 81.7 Å². The number of aromatic amines is 1. The number of thiazole rings is 1. The first-order valence-electron chi connectivity index (χ1n) is 11.3. The Labute approximate surface area is 191 Å². The lowest BCUT2D eigenvalue weighted by atomic mass is 9.96. The van der Waals surface area contributed by atoms with E-state index in [2.05, 4.69) is 89.3 Å². The second-order valence-corrected chi connectivity index (χ2v) is 9.97. The van der Waals surface area contributed by atoms with E-state index in [0.29, 0.717) is 5.92 Å². The van der Waals surface area contributed by atoms with Crippen LogP contribution in [-0.2, 0) is 20.0 Å². The molecule has 6 rings (SSSR count). The van der Waals surface area contributed by atoms with Gasteiger partial charge in [-0.05, 0) is 36.1 Å². The SMILES string of the molecule is CC(C)c1csc(CN2CCc3c([nH]c4ccccc34)C2c2nc3ccccc3n2C)n1. The van der Waals surface area contributed by atoms with Crippen LogP contribution in [0.2, 0.25) is 0 Å². The number of para-hydroxylation sites is 3. The molecule has 32 heavy (non-hydrogen) atoms. The number of hydrogen-bond acceptors (Lipinski definition) is 4. The summed E-state index contributed by atoms with van der Waals surface area (Å²) in [5.41, 5.74) is 7.31. The van der Waals surface area contributed by atoms with E-state index >= 15 is 0 Å². The van der Waals surface area contributed by atoms with Gasteiger partial charge in [-0.15, -0.1) is 11.3 Å². The maximum Gasteiger partial charge on any atom is 0.133 e. The molecule has 1 atom stereocenters. The third-order valence-corrected chi connectivity index (χ3v) is 7.55. The molecule has 0 amide bonds. The zero-order valence-electron chi connectivity index (χ0n) is 18.7. The summed E-state index contributed by atoms with van der Waals surface area (Å²) in [4.78, 5) is 16.4. The molecule has 162 valence electrons. The number of H-pyrrole nitrogens is 1. The van der Waals surface area contributed by atoms with E-state index in [0.717, 1.165) is 30.9 Å². The third-order valence-electron chi connectivity index (χ3n) is 6.70. The number of fused-ring (bicyclic) bond motifs is 4. The molecule has 1 aliphatic rings. The summed E-state index contributed by atoms with van der Waals surface area (Å²) >= 11 is 1.77. The molecular weight excluding hydrogens is 414 g/mol. The fourth-order valence-corrected chi connectivity index (χ4v) is 5.98. The van der Waals surface area contributed by atoms with Gasteiger partial charge in [-0.3, -0.25) is 4.90 Å². The number of hydrogen-bond donors (Lipinski definition) is 1. The molecule has 0 aliphatic carbocycles. The standard InChI is InChI=1S/C26H27N5S/c1-16(2)21-15-32-23(27-21)14-31-13-12-18-17-8-4-5-9-19(17)28-24(18)25(31)26-29-20-10-6-7-11-22(20)30(26)3/h4-11,15-16,25,28H,12-14H2,1-3H3. The molecule has 0 fully saturated rings. The average Bonchev–Trinajstić information content (AvgIpc) is 3.50. The minimum absolute atomic E-state index is 0.0648. The van der Waals surface area contributed by atoms with E-state index in [1.807, 2.05) is 0 Å². The van der Waals surface area contributed by atoms with E-state index in [9.17, 15) is 0 Å². The van der Waals surface area contributed by atoms with Crippen molar-refractivity contribution < 1.29 is 0 Å². The van der Waals surface area contributed by atoms with E-state index in [1.54, 1.807) is 11.3 Å². The lowest BCUT2D eigenvalue weighted by molar-refractivity contribution is 0.192. The van der Waals surface area contributed by atoms with Crippen LogP contribution in [0.25, 0.3) is 21.9 Å². The molecule has 6 heteroatoms. The number of rotatable bonds is 4. The zero-order valence-corrected chi connectivity index (χ0v) is 19.5. The first-order valence-corrected chi connectivity index (χ1v) is 12.2. The Hall–Kier alpha value is -2.96. The fraction of sp³-hybridized carbons (Fsp3) is 0.308. The molecule has 0 saturated carbocycles. The number of nitrogens with one attached hydrogen (secondary N) is 1.